The third kappa shape index (κ3) is 7.60. The monoisotopic (exact) mass is 224 g/mol. The van der Waals surface area contributed by atoms with Gasteiger partial charge in [0.1, 0.15) is 0 Å². The first-order valence-corrected chi connectivity index (χ1v) is 4.89. The Labute approximate surface area is 85.7 Å². The molecule has 12 heavy (non-hydrogen) atoms. The number of hydrogen-bond acceptors (Lipinski definition) is 0. The van der Waals surface area contributed by atoms with E-state index in [1.165, 1.54) is 0 Å². The molecule has 2 aromatic carbocycles. The molecule has 0 saturated carbocycles. The summed E-state index contributed by atoms with van der Waals surface area (Å²) in [4.78, 5) is 0. The molecule has 0 aliphatic carbocycles. The molecular weight excluding hydrogens is 214 g/mol. The minimum Gasteiger partial charge on any atom is -0.214 e. The topological polar surface area (TPSA) is 0 Å². The van der Waals surface area contributed by atoms with Crippen LogP contribution < -0.4 is 0 Å². The van der Waals surface area contributed by atoms with E-state index in [9.17, 15) is 0 Å². The van der Waals surface area contributed by atoms with Gasteiger partial charge in [-0.05, 0) is 0 Å². The fourth-order valence-electron chi connectivity index (χ4n) is 0.642. The zero-order valence-electron chi connectivity index (χ0n) is 6.48. The Morgan fingerprint density at radius 3 is 1.00 bits per heavy atom. The minimum atomic E-state index is 2.00. The summed E-state index contributed by atoms with van der Waals surface area (Å²) in [5, 5.41) is 0. The van der Waals surface area contributed by atoms with Gasteiger partial charge in [0.05, 0.1) is 0 Å². The Bertz CT molecular complexity index is 149. The third-order valence-corrected chi connectivity index (χ3v) is 1.11. The first kappa shape index (κ1) is 11.5. The Morgan fingerprint density at radius 1 is 0.667 bits per heavy atom. The van der Waals surface area contributed by atoms with E-state index in [4.69, 9.17) is 0 Å². The molecule has 2 aromatic rings. The Morgan fingerprint density at radius 2 is 0.917 bits per heavy atom. The number of rotatable bonds is 0. The van der Waals surface area contributed by atoms with Crippen LogP contribution in [-0.4, -0.2) is 0 Å². The van der Waals surface area contributed by atoms with E-state index in [0.717, 1.165) is 0 Å². The van der Waals surface area contributed by atoms with Crippen molar-refractivity contribution >= 4 is 10.1 Å². The van der Waals surface area contributed by atoms with Crippen molar-refractivity contribution in [3.8, 4) is 0 Å². The maximum absolute atomic E-state index is 4.33. The molecule has 0 bridgehead atoms. The first-order valence-electron chi connectivity index (χ1n) is 3.46. The molecule has 0 N–H and O–H groups in total. The molecule has 2 rings (SSSR count). The van der Waals surface area contributed by atoms with Gasteiger partial charge in [-0.1, -0.05) is 0 Å². The maximum atomic E-state index is 4.33. The van der Waals surface area contributed by atoms with Gasteiger partial charge < -0.3 is 0 Å². The van der Waals surface area contributed by atoms with E-state index >= 15 is 0 Å². The number of hydrogen-bond donors (Lipinski definition) is 0. The molecular formula is C10H10ClCo. The second-order valence-electron chi connectivity index (χ2n) is 1.92. The Hall–Kier alpha value is -0.504. The van der Waals surface area contributed by atoms with E-state index in [1.54, 1.807) is 0 Å². The predicted molar refractivity (Wildman–Crippen MR) is 49.9 cm³/mol. The van der Waals surface area contributed by atoms with Gasteiger partial charge in [0.2, 0.25) is 0 Å². The molecule has 0 amide bonds. The minimum absolute atomic E-state index is 2.00. The average molecular weight is 225 g/mol. The van der Waals surface area contributed by atoms with Crippen molar-refractivity contribution in [2.75, 3.05) is 0 Å². The van der Waals surface area contributed by atoms with Gasteiger partial charge in [-0.25, -0.2) is 24.3 Å². The quantitative estimate of drug-likeness (QED) is 0.601. The van der Waals surface area contributed by atoms with E-state index < -0.39 is 0 Å². The molecule has 0 aliphatic heterocycles. The molecule has 66 valence electrons. The zero-order chi connectivity index (χ0) is 9.07. The summed E-state index contributed by atoms with van der Waals surface area (Å²) in [5.74, 6) is 0. The summed E-state index contributed by atoms with van der Waals surface area (Å²) >= 11 is 3.03. The molecule has 0 aliphatic rings. The van der Waals surface area contributed by atoms with Crippen LogP contribution in [0.5, 0.6) is 0 Å². The predicted octanol–water partition coefficient (Wildman–Crippen LogP) is 3.50. The van der Waals surface area contributed by atoms with Gasteiger partial charge in [-0.15, -0.1) is 0 Å². The summed E-state index contributed by atoms with van der Waals surface area (Å²) in [5.41, 5.74) is 0. The van der Waals surface area contributed by atoms with Crippen molar-refractivity contribution in [2.45, 2.75) is 0 Å². The van der Waals surface area contributed by atoms with Gasteiger partial charge in [0.25, 0.3) is 0 Å². The van der Waals surface area contributed by atoms with E-state index in [-0.39, 0.29) is 0 Å². The van der Waals surface area contributed by atoms with Crippen LogP contribution in [0.1, 0.15) is 0 Å². The van der Waals surface area contributed by atoms with Crippen LogP contribution in [0.2, 0.25) is 0 Å². The molecule has 0 heterocycles. The molecule has 0 saturated heterocycles. The van der Waals surface area contributed by atoms with Crippen molar-refractivity contribution in [3.63, 3.8) is 0 Å². The average Bonchev–Trinajstić information content (AvgIpc) is 2.87. The van der Waals surface area contributed by atoms with Crippen LogP contribution in [0.3, 0.4) is 0 Å². The maximum Gasteiger partial charge on any atom is -0.172 e. The van der Waals surface area contributed by atoms with E-state index in [2.05, 4.69) is 25.0 Å². The zero-order valence-corrected chi connectivity index (χ0v) is 8.28. The van der Waals surface area contributed by atoms with Crippen molar-refractivity contribution in [1.29, 1.82) is 0 Å². The van der Waals surface area contributed by atoms with Crippen molar-refractivity contribution in [1.82, 2.24) is 0 Å². The molecule has 0 spiro atoms. The van der Waals surface area contributed by atoms with Crippen LogP contribution in [0.25, 0.3) is 0 Å². The van der Waals surface area contributed by atoms with Gasteiger partial charge in [-0.2, -0.15) is 36.4 Å². The molecule has 2 heteroatoms. The SMILES string of the molecule is [Cl][Co+2].c1cc[cH-]c1.c1cc[cH-]c1. The second-order valence-corrected chi connectivity index (χ2v) is 1.92. The van der Waals surface area contributed by atoms with Crippen LogP contribution in [0.15, 0.2) is 60.7 Å². The fraction of sp³-hybridized carbons (Fsp3) is 0. The molecule has 0 fully saturated rings. The summed E-state index contributed by atoms with van der Waals surface area (Å²) in [7, 11) is 4.33. The largest absolute Gasteiger partial charge is 0.214 e. The van der Waals surface area contributed by atoms with E-state index in [0.29, 0.717) is 0 Å². The summed E-state index contributed by atoms with van der Waals surface area (Å²) in [6.45, 7) is 0. The van der Waals surface area contributed by atoms with Gasteiger partial charge >= 0.3 is 25.0 Å². The van der Waals surface area contributed by atoms with Crippen LogP contribution in [0, 0.1) is 0 Å². The van der Waals surface area contributed by atoms with Crippen LogP contribution in [-0.2, 0) is 14.8 Å². The van der Waals surface area contributed by atoms with Crippen molar-refractivity contribution < 1.29 is 14.8 Å². The Kier molecular flexibility index (Phi) is 10.1. The fourth-order valence-corrected chi connectivity index (χ4v) is 0.642. The van der Waals surface area contributed by atoms with Gasteiger partial charge in [-0.3, -0.25) is 0 Å². The molecule has 0 radical (unpaired) electrons. The normalized spacial score (nSPS) is 7.17. The van der Waals surface area contributed by atoms with Crippen molar-refractivity contribution in [3.05, 3.63) is 60.7 Å². The summed E-state index contributed by atoms with van der Waals surface area (Å²) in [6, 6.07) is 20.0. The molecule has 0 nitrogen and oxygen atoms in total. The van der Waals surface area contributed by atoms with Crippen LogP contribution >= 0.6 is 10.1 Å². The number of halogens is 1. The van der Waals surface area contributed by atoms with Crippen LogP contribution in [0.4, 0.5) is 0 Å². The Balaban J connectivity index is 0.000000168. The smallest absolute Gasteiger partial charge is 0.172 e. The molecule has 0 aromatic heterocycles. The second kappa shape index (κ2) is 10.5. The first-order chi connectivity index (χ1) is 6.00. The molecule has 0 unspecified atom stereocenters. The third-order valence-electron chi connectivity index (χ3n) is 1.11. The summed E-state index contributed by atoms with van der Waals surface area (Å²) < 4.78 is 0. The summed E-state index contributed by atoms with van der Waals surface area (Å²) in [6.07, 6.45) is 0. The van der Waals surface area contributed by atoms with E-state index in [1.807, 2.05) is 60.7 Å². The standard InChI is InChI=1S/2C5H5.ClH.Co/c2*1-2-4-5-3-1;;/h2*1-5H;1H;/q2*-1;;+3/p-1. The van der Waals surface area contributed by atoms with Gasteiger partial charge in [0, 0.05) is 0 Å². The molecule has 0 atom stereocenters. The van der Waals surface area contributed by atoms with Gasteiger partial charge in [0.15, 0.2) is 0 Å². The van der Waals surface area contributed by atoms with Crippen molar-refractivity contribution in [2.24, 2.45) is 0 Å².